The topological polar surface area (TPSA) is 71.0 Å². The highest BCUT2D eigenvalue weighted by atomic mass is 16.5. The standard InChI is InChI=1S/C20H30N2O4/c1-20(15-23)9-11-22(12-10-20)19(24)21-17-7-2-3-8-18(17)26-14-16-6-4-5-13-25-16/h2-3,7-8,16,23H,4-6,9-15H2,1H3,(H,21,24). The number of benzene rings is 1. The second-order valence-corrected chi connectivity index (χ2v) is 7.68. The number of likely N-dealkylation sites (tertiary alicyclic amines) is 1. The first-order valence-electron chi connectivity index (χ1n) is 9.60. The number of carbonyl (C=O) groups is 1. The van der Waals surface area contributed by atoms with E-state index in [1.807, 2.05) is 24.3 Å². The molecule has 0 aliphatic carbocycles. The Kier molecular flexibility index (Phi) is 6.38. The molecule has 2 aliphatic rings. The lowest BCUT2D eigenvalue weighted by Gasteiger charge is -2.38. The number of nitrogens with zero attached hydrogens (tertiary/aromatic N) is 1. The number of nitrogens with one attached hydrogen (secondary N) is 1. The summed E-state index contributed by atoms with van der Waals surface area (Å²) in [5.74, 6) is 0.673. The van der Waals surface area contributed by atoms with Gasteiger partial charge < -0.3 is 24.8 Å². The highest BCUT2D eigenvalue weighted by Gasteiger charge is 2.31. The summed E-state index contributed by atoms with van der Waals surface area (Å²) in [7, 11) is 0. The molecule has 0 bridgehead atoms. The van der Waals surface area contributed by atoms with E-state index in [1.54, 1.807) is 4.90 Å². The summed E-state index contributed by atoms with van der Waals surface area (Å²) >= 11 is 0. The Balaban J connectivity index is 1.55. The number of carbonyl (C=O) groups excluding carboxylic acids is 1. The molecule has 2 heterocycles. The van der Waals surface area contributed by atoms with Crippen molar-refractivity contribution < 1.29 is 19.4 Å². The number of rotatable bonds is 5. The van der Waals surface area contributed by atoms with Crippen LogP contribution in [-0.2, 0) is 4.74 Å². The van der Waals surface area contributed by atoms with Gasteiger partial charge in [-0.15, -0.1) is 0 Å². The Morgan fingerprint density at radius 2 is 2.12 bits per heavy atom. The Morgan fingerprint density at radius 3 is 2.81 bits per heavy atom. The monoisotopic (exact) mass is 362 g/mol. The first-order valence-corrected chi connectivity index (χ1v) is 9.60. The maximum atomic E-state index is 12.6. The molecule has 2 saturated heterocycles. The van der Waals surface area contributed by atoms with Crippen LogP contribution in [0.4, 0.5) is 10.5 Å². The number of hydrogen-bond acceptors (Lipinski definition) is 4. The van der Waals surface area contributed by atoms with Crippen molar-refractivity contribution in [2.45, 2.75) is 45.1 Å². The summed E-state index contributed by atoms with van der Waals surface area (Å²) in [6, 6.07) is 7.41. The van der Waals surface area contributed by atoms with Gasteiger partial charge in [0, 0.05) is 26.3 Å². The van der Waals surface area contributed by atoms with Crippen molar-refractivity contribution in [2.75, 3.05) is 38.2 Å². The van der Waals surface area contributed by atoms with Gasteiger partial charge >= 0.3 is 6.03 Å². The number of aliphatic hydroxyl groups excluding tert-OH is 1. The molecule has 144 valence electrons. The molecule has 0 aromatic heterocycles. The molecule has 2 N–H and O–H groups in total. The van der Waals surface area contributed by atoms with Crippen LogP contribution in [0, 0.1) is 5.41 Å². The molecule has 2 amide bonds. The van der Waals surface area contributed by atoms with E-state index in [-0.39, 0.29) is 24.2 Å². The van der Waals surface area contributed by atoms with Crippen LogP contribution in [0.3, 0.4) is 0 Å². The molecule has 0 radical (unpaired) electrons. The van der Waals surface area contributed by atoms with Crippen LogP contribution < -0.4 is 10.1 Å². The highest BCUT2D eigenvalue weighted by Crippen LogP contribution is 2.31. The summed E-state index contributed by atoms with van der Waals surface area (Å²) in [4.78, 5) is 14.4. The first-order chi connectivity index (χ1) is 12.6. The summed E-state index contributed by atoms with van der Waals surface area (Å²) in [6.45, 7) is 4.85. The second-order valence-electron chi connectivity index (χ2n) is 7.68. The zero-order chi connectivity index (χ0) is 18.4. The lowest BCUT2D eigenvalue weighted by atomic mass is 9.81. The van der Waals surface area contributed by atoms with Crippen LogP contribution in [0.1, 0.15) is 39.0 Å². The van der Waals surface area contributed by atoms with Gasteiger partial charge in [0.1, 0.15) is 12.4 Å². The smallest absolute Gasteiger partial charge is 0.321 e. The number of amides is 2. The van der Waals surface area contributed by atoms with Gasteiger partial charge in [-0.3, -0.25) is 0 Å². The van der Waals surface area contributed by atoms with Gasteiger partial charge in [-0.25, -0.2) is 4.79 Å². The molecule has 1 atom stereocenters. The maximum Gasteiger partial charge on any atom is 0.321 e. The molecule has 3 rings (SSSR count). The van der Waals surface area contributed by atoms with Crippen LogP contribution in [0.15, 0.2) is 24.3 Å². The largest absolute Gasteiger partial charge is 0.489 e. The molecule has 0 saturated carbocycles. The third-order valence-electron chi connectivity index (χ3n) is 5.47. The molecule has 1 aromatic rings. The zero-order valence-corrected chi connectivity index (χ0v) is 15.6. The number of para-hydroxylation sites is 2. The van der Waals surface area contributed by atoms with Crippen molar-refractivity contribution in [3.05, 3.63) is 24.3 Å². The number of hydrogen-bond donors (Lipinski definition) is 2. The Hall–Kier alpha value is -1.79. The first kappa shape index (κ1) is 19.0. The van der Waals surface area contributed by atoms with E-state index in [0.29, 0.717) is 31.1 Å². The molecular weight excluding hydrogens is 332 g/mol. The van der Waals surface area contributed by atoms with Gasteiger partial charge in [-0.1, -0.05) is 19.1 Å². The van der Waals surface area contributed by atoms with E-state index in [2.05, 4.69) is 12.2 Å². The van der Waals surface area contributed by atoms with E-state index in [4.69, 9.17) is 9.47 Å². The van der Waals surface area contributed by atoms with E-state index in [1.165, 1.54) is 6.42 Å². The Morgan fingerprint density at radius 1 is 1.35 bits per heavy atom. The van der Waals surface area contributed by atoms with Gasteiger partial charge in [-0.2, -0.15) is 0 Å². The number of urea groups is 1. The SMILES string of the molecule is CC1(CO)CCN(C(=O)Nc2ccccc2OCC2CCCCO2)CC1. The quantitative estimate of drug-likeness (QED) is 0.843. The van der Waals surface area contributed by atoms with Crippen LogP contribution in [-0.4, -0.2) is 55.1 Å². The summed E-state index contributed by atoms with van der Waals surface area (Å²) in [5.41, 5.74) is 0.612. The third-order valence-corrected chi connectivity index (χ3v) is 5.47. The molecule has 26 heavy (non-hydrogen) atoms. The van der Waals surface area contributed by atoms with Crippen molar-refractivity contribution in [1.82, 2.24) is 4.90 Å². The van der Waals surface area contributed by atoms with Gasteiger partial charge in [0.25, 0.3) is 0 Å². The van der Waals surface area contributed by atoms with Crippen LogP contribution >= 0.6 is 0 Å². The fraction of sp³-hybridized carbons (Fsp3) is 0.650. The summed E-state index contributed by atoms with van der Waals surface area (Å²) in [5, 5.41) is 12.4. The molecule has 2 aliphatic heterocycles. The second kappa shape index (κ2) is 8.73. The van der Waals surface area contributed by atoms with Gasteiger partial charge in [0.05, 0.1) is 11.8 Å². The average molecular weight is 362 g/mol. The minimum atomic E-state index is -0.116. The minimum Gasteiger partial charge on any atom is -0.489 e. The van der Waals surface area contributed by atoms with Crippen molar-refractivity contribution in [3.8, 4) is 5.75 Å². The summed E-state index contributed by atoms with van der Waals surface area (Å²) < 4.78 is 11.6. The molecule has 1 aromatic carbocycles. The van der Waals surface area contributed by atoms with Gasteiger partial charge in [0.2, 0.25) is 0 Å². The molecule has 2 fully saturated rings. The van der Waals surface area contributed by atoms with E-state index in [0.717, 1.165) is 32.3 Å². The van der Waals surface area contributed by atoms with Crippen molar-refractivity contribution in [2.24, 2.45) is 5.41 Å². The predicted octanol–water partition coefficient (Wildman–Crippen LogP) is 3.26. The van der Waals surface area contributed by atoms with E-state index < -0.39 is 0 Å². The fourth-order valence-electron chi connectivity index (χ4n) is 3.42. The fourth-order valence-corrected chi connectivity index (χ4v) is 3.42. The third kappa shape index (κ3) is 4.89. The molecule has 1 unspecified atom stereocenters. The van der Waals surface area contributed by atoms with E-state index in [9.17, 15) is 9.90 Å². The number of anilines is 1. The molecule has 6 heteroatoms. The zero-order valence-electron chi connectivity index (χ0n) is 15.6. The molecule has 6 nitrogen and oxygen atoms in total. The molecule has 0 spiro atoms. The highest BCUT2D eigenvalue weighted by molar-refractivity contribution is 5.91. The maximum absolute atomic E-state index is 12.6. The van der Waals surface area contributed by atoms with Crippen molar-refractivity contribution in [3.63, 3.8) is 0 Å². The lowest BCUT2D eigenvalue weighted by molar-refractivity contribution is -0.0109. The van der Waals surface area contributed by atoms with Crippen LogP contribution in [0.25, 0.3) is 0 Å². The minimum absolute atomic E-state index is 0.0716. The van der Waals surface area contributed by atoms with E-state index >= 15 is 0 Å². The van der Waals surface area contributed by atoms with Crippen LogP contribution in [0.5, 0.6) is 5.75 Å². The lowest BCUT2D eigenvalue weighted by Crippen LogP contribution is -2.45. The number of ether oxygens (including phenoxy) is 2. The van der Waals surface area contributed by atoms with Gasteiger partial charge in [0.15, 0.2) is 0 Å². The Labute approximate surface area is 155 Å². The van der Waals surface area contributed by atoms with Crippen molar-refractivity contribution >= 4 is 11.7 Å². The normalized spacial score (nSPS) is 22.7. The van der Waals surface area contributed by atoms with Crippen LogP contribution in [0.2, 0.25) is 0 Å². The average Bonchev–Trinajstić information content (AvgIpc) is 2.68. The molecular formula is C20H30N2O4. The number of aliphatic hydroxyl groups is 1. The van der Waals surface area contributed by atoms with Crippen molar-refractivity contribution in [1.29, 1.82) is 0 Å². The van der Waals surface area contributed by atoms with Gasteiger partial charge in [-0.05, 0) is 49.7 Å². The Bertz CT molecular complexity index is 593. The number of piperidine rings is 1. The predicted molar refractivity (Wildman–Crippen MR) is 101 cm³/mol. The summed E-state index contributed by atoms with van der Waals surface area (Å²) in [6.07, 6.45) is 5.07.